The molecule has 1 aromatic carbocycles. The van der Waals surface area contributed by atoms with Crippen LogP contribution in [0.3, 0.4) is 0 Å². The number of aryl methyl sites for hydroxylation is 3. The zero-order valence-corrected chi connectivity index (χ0v) is 12.7. The third kappa shape index (κ3) is 4.34. The molecule has 0 saturated heterocycles. The van der Waals surface area contributed by atoms with Crippen LogP contribution < -0.4 is 10.1 Å². The fraction of sp³-hybridized carbons (Fsp3) is 0.375. The molecule has 112 valence electrons. The smallest absolute Gasteiger partial charge is 0.226 e. The highest BCUT2D eigenvalue weighted by Gasteiger charge is 2.06. The monoisotopic (exact) mass is 287 g/mol. The lowest BCUT2D eigenvalue weighted by atomic mass is 10.3. The summed E-state index contributed by atoms with van der Waals surface area (Å²) < 4.78 is 7.22. The van der Waals surface area contributed by atoms with Gasteiger partial charge in [-0.25, -0.2) is 0 Å². The molecule has 1 aromatic heterocycles. The van der Waals surface area contributed by atoms with Gasteiger partial charge in [-0.15, -0.1) is 0 Å². The maximum atomic E-state index is 11.9. The first-order valence-corrected chi connectivity index (χ1v) is 7.12. The number of ether oxygens (including phenoxy) is 1. The molecule has 0 radical (unpaired) electrons. The Morgan fingerprint density at radius 2 is 2.00 bits per heavy atom. The van der Waals surface area contributed by atoms with Crippen molar-refractivity contribution in [3.05, 3.63) is 41.7 Å². The second-order valence-corrected chi connectivity index (χ2v) is 4.91. The van der Waals surface area contributed by atoms with Crippen LogP contribution in [0.2, 0.25) is 0 Å². The third-order valence-corrected chi connectivity index (χ3v) is 3.10. The maximum Gasteiger partial charge on any atom is 0.226 e. The van der Waals surface area contributed by atoms with Crippen molar-refractivity contribution in [1.29, 1.82) is 0 Å². The van der Waals surface area contributed by atoms with Crippen LogP contribution in [0.15, 0.2) is 30.3 Å². The highest BCUT2D eigenvalue weighted by atomic mass is 16.5. The summed E-state index contributed by atoms with van der Waals surface area (Å²) in [5, 5.41) is 7.21. The molecule has 0 aliphatic rings. The van der Waals surface area contributed by atoms with Crippen LogP contribution in [0, 0.1) is 13.8 Å². The van der Waals surface area contributed by atoms with Crippen LogP contribution in [0.4, 0.5) is 5.69 Å². The van der Waals surface area contributed by atoms with E-state index in [-0.39, 0.29) is 5.91 Å². The van der Waals surface area contributed by atoms with E-state index in [4.69, 9.17) is 4.74 Å². The number of hydrogen-bond acceptors (Lipinski definition) is 3. The lowest BCUT2D eigenvalue weighted by molar-refractivity contribution is -0.116. The average Bonchev–Trinajstić information content (AvgIpc) is 2.77. The number of nitrogens with one attached hydrogen (secondary N) is 1. The van der Waals surface area contributed by atoms with Crippen molar-refractivity contribution >= 4 is 11.6 Å². The lowest BCUT2D eigenvalue weighted by Crippen LogP contribution is -2.15. The fourth-order valence-corrected chi connectivity index (χ4v) is 2.13. The minimum Gasteiger partial charge on any atom is -0.494 e. The van der Waals surface area contributed by atoms with Gasteiger partial charge in [-0.1, -0.05) is 0 Å². The summed E-state index contributed by atoms with van der Waals surface area (Å²) in [6.07, 6.45) is 0.398. The first-order valence-electron chi connectivity index (χ1n) is 7.12. The molecule has 21 heavy (non-hydrogen) atoms. The number of hydrogen-bond donors (Lipinski definition) is 1. The molecule has 1 N–H and O–H groups in total. The van der Waals surface area contributed by atoms with E-state index in [9.17, 15) is 4.79 Å². The SMILES string of the molecule is CCOc1ccc(NC(=O)CCn2nc(C)cc2C)cc1. The van der Waals surface area contributed by atoms with E-state index in [1.807, 2.05) is 55.8 Å². The molecule has 1 heterocycles. The molecule has 5 nitrogen and oxygen atoms in total. The summed E-state index contributed by atoms with van der Waals surface area (Å²) in [7, 11) is 0. The second-order valence-electron chi connectivity index (χ2n) is 4.91. The average molecular weight is 287 g/mol. The van der Waals surface area contributed by atoms with Crippen molar-refractivity contribution in [3.8, 4) is 5.75 Å². The van der Waals surface area contributed by atoms with Gasteiger partial charge in [0.15, 0.2) is 0 Å². The lowest BCUT2D eigenvalue weighted by Gasteiger charge is -2.08. The van der Waals surface area contributed by atoms with E-state index in [2.05, 4.69) is 10.4 Å². The zero-order valence-electron chi connectivity index (χ0n) is 12.7. The summed E-state index contributed by atoms with van der Waals surface area (Å²) in [6, 6.07) is 9.38. The number of amides is 1. The van der Waals surface area contributed by atoms with Crippen LogP contribution in [-0.4, -0.2) is 22.3 Å². The van der Waals surface area contributed by atoms with E-state index in [0.29, 0.717) is 19.6 Å². The molecule has 0 aliphatic heterocycles. The molecule has 2 rings (SSSR count). The molecule has 0 aliphatic carbocycles. The van der Waals surface area contributed by atoms with Gasteiger partial charge >= 0.3 is 0 Å². The topological polar surface area (TPSA) is 56.1 Å². The zero-order chi connectivity index (χ0) is 15.2. The van der Waals surface area contributed by atoms with Crippen molar-refractivity contribution in [2.75, 3.05) is 11.9 Å². The Bertz CT molecular complexity index is 602. The van der Waals surface area contributed by atoms with Crippen molar-refractivity contribution in [3.63, 3.8) is 0 Å². The molecule has 0 spiro atoms. The summed E-state index contributed by atoms with van der Waals surface area (Å²) in [6.45, 7) is 7.10. The fourth-order valence-electron chi connectivity index (χ4n) is 2.13. The highest BCUT2D eigenvalue weighted by Crippen LogP contribution is 2.15. The van der Waals surface area contributed by atoms with Gasteiger partial charge in [0, 0.05) is 24.3 Å². The summed E-state index contributed by atoms with van der Waals surface area (Å²) >= 11 is 0. The summed E-state index contributed by atoms with van der Waals surface area (Å²) in [4.78, 5) is 11.9. The van der Waals surface area contributed by atoms with Gasteiger partial charge < -0.3 is 10.1 Å². The van der Waals surface area contributed by atoms with E-state index in [1.165, 1.54) is 0 Å². The molecule has 0 unspecified atom stereocenters. The molecular formula is C16H21N3O2. The molecule has 0 atom stereocenters. The largest absolute Gasteiger partial charge is 0.494 e. The normalized spacial score (nSPS) is 10.4. The van der Waals surface area contributed by atoms with Crippen LogP contribution in [0.25, 0.3) is 0 Å². The van der Waals surface area contributed by atoms with Crippen LogP contribution in [-0.2, 0) is 11.3 Å². The van der Waals surface area contributed by atoms with Gasteiger partial charge in [-0.05, 0) is 51.1 Å². The number of aromatic nitrogens is 2. The van der Waals surface area contributed by atoms with Gasteiger partial charge in [0.25, 0.3) is 0 Å². The Morgan fingerprint density at radius 3 is 2.57 bits per heavy atom. The van der Waals surface area contributed by atoms with Gasteiger partial charge in [0.1, 0.15) is 5.75 Å². The minimum atomic E-state index is -0.0216. The number of anilines is 1. The van der Waals surface area contributed by atoms with Gasteiger partial charge in [0.05, 0.1) is 12.3 Å². The summed E-state index contributed by atoms with van der Waals surface area (Å²) in [5.74, 6) is 0.782. The van der Waals surface area contributed by atoms with E-state index in [1.54, 1.807) is 0 Å². The number of rotatable bonds is 6. The number of carbonyl (C=O) groups excluding carboxylic acids is 1. The van der Waals surface area contributed by atoms with E-state index < -0.39 is 0 Å². The van der Waals surface area contributed by atoms with Crippen LogP contribution in [0.1, 0.15) is 24.7 Å². The Kier molecular flexibility index (Phi) is 4.98. The van der Waals surface area contributed by atoms with Gasteiger partial charge in [-0.3, -0.25) is 9.48 Å². The quantitative estimate of drug-likeness (QED) is 0.888. The van der Waals surface area contributed by atoms with E-state index in [0.717, 1.165) is 22.8 Å². The Hall–Kier alpha value is -2.30. The number of benzene rings is 1. The molecule has 1 amide bonds. The first-order chi connectivity index (χ1) is 10.1. The molecule has 2 aromatic rings. The molecule has 0 saturated carbocycles. The minimum absolute atomic E-state index is 0.0216. The highest BCUT2D eigenvalue weighted by molar-refractivity contribution is 5.90. The van der Waals surface area contributed by atoms with Crippen LogP contribution in [0.5, 0.6) is 5.75 Å². The molecule has 0 bridgehead atoms. The number of carbonyl (C=O) groups is 1. The van der Waals surface area contributed by atoms with Crippen molar-refractivity contribution in [2.45, 2.75) is 33.7 Å². The standard InChI is InChI=1S/C16H21N3O2/c1-4-21-15-7-5-14(6-8-15)17-16(20)9-10-19-13(3)11-12(2)18-19/h5-8,11H,4,9-10H2,1-3H3,(H,17,20). The van der Waals surface area contributed by atoms with Crippen LogP contribution >= 0.6 is 0 Å². The Morgan fingerprint density at radius 1 is 1.29 bits per heavy atom. The molecule has 0 fully saturated rings. The summed E-state index contributed by atoms with van der Waals surface area (Å²) in [5.41, 5.74) is 2.82. The third-order valence-electron chi connectivity index (χ3n) is 3.10. The molecule has 5 heteroatoms. The van der Waals surface area contributed by atoms with E-state index >= 15 is 0 Å². The first kappa shape index (κ1) is 15.1. The molecular weight excluding hydrogens is 266 g/mol. The Balaban J connectivity index is 1.85. The number of nitrogens with zero attached hydrogens (tertiary/aromatic N) is 2. The Labute approximate surface area is 124 Å². The predicted octanol–water partition coefficient (Wildman–Crippen LogP) is 2.93. The van der Waals surface area contributed by atoms with Gasteiger partial charge in [-0.2, -0.15) is 5.10 Å². The van der Waals surface area contributed by atoms with Gasteiger partial charge in [0.2, 0.25) is 5.91 Å². The van der Waals surface area contributed by atoms with Crippen molar-refractivity contribution in [1.82, 2.24) is 9.78 Å². The van der Waals surface area contributed by atoms with Crippen molar-refractivity contribution in [2.24, 2.45) is 0 Å². The maximum absolute atomic E-state index is 11.9. The predicted molar refractivity (Wildman–Crippen MR) is 82.6 cm³/mol. The second kappa shape index (κ2) is 6.92. The van der Waals surface area contributed by atoms with Crippen molar-refractivity contribution < 1.29 is 9.53 Å².